The first-order valence-corrected chi connectivity index (χ1v) is 6.97. The lowest BCUT2D eigenvalue weighted by molar-refractivity contribution is 0.114. The molecule has 0 saturated carbocycles. The van der Waals surface area contributed by atoms with Crippen molar-refractivity contribution in [3.05, 3.63) is 29.8 Å². The van der Waals surface area contributed by atoms with E-state index < -0.39 is 0 Å². The molecule has 0 aliphatic carbocycles. The number of fused-ring (bicyclic) bond motifs is 1. The van der Waals surface area contributed by atoms with Gasteiger partial charge in [-0.1, -0.05) is 32.0 Å². The van der Waals surface area contributed by atoms with Gasteiger partial charge in [-0.05, 0) is 36.8 Å². The van der Waals surface area contributed by atoms with Crippen molar-refractivity contribution in [3.8, 4) is 0 Å². The molecule has 2 rings (SSSR count). The van der Waals surface area contributed by atoms with Gasteiger partial charge in [0, 0.05) is 10.1 Å². The first kappa shape index (κ1) is 12.0. The van der Waals surface area contributed by atoms with E-state index in [9.17, 15) is 5.11 Å². The minimum Gasteiger partial charge on any atom is -0.393 e. The normalized spacial score (nSPS) is 21.1. The van der Waals surface area contributed by atoms with Crippen LogP contribution >= 0.6 is 11.8 Å². The predicted octanol–water partition coefficient (Wildman–Crippen LogP) is 3.50. The van der Waals surface area contributed by atoms with Gasteiger partial charge in [0.15, 0.2) is 0 Å². The second-order valence-corrected chi connectivity index (χ2v) is 6.28. The monoisotopic (exact) mass is 236 g/mol. The zero-order valence-electron chi connectivity index (χ0n) is 10.0. The van der Waals surface area contributed by atoms with Gasteiger partial charge >= 0.3 is 0 Å². The van der Waals surface area contributed by atoms with Crippen LogP contribution in [0.1, 0.15) is 32.3 Å². The zero-order chi connectivity index (χ0) is 11.5. The fourth-order valence-corrected chi connectivity index (χ4v) is 3.44. The Morgan fingerprint density at radius 1 is 1.38 bits per heavy atom. The van der Waals surface area contributed by atoms with E-state index in [0.29, 0.717) is 11.2 Å². The van der Waals surface area contributed by atoms with E-state index in [-0.39, 0.29) is 6.10 Å². The van der Waals surface area contributed by atoms with Crippen molar-refractivity contribution in [3.63, 3.8) is 0 Å². The average molecular weight is 236 g/mol. The second-order valence-electron chi connectivity index (χ2n) is 4.94. The Kier molecular flexibility index (Phi) is 3.93. The molecule has 0 aromatic heterocycles. The number of aliphatic hydroxyl groups excluding tert-OH is 1. The van der Waals surface area contributed by atoms with Gasteiger partial charge in [-0.15, -0.1) is 11.8 Å². The fraction of sp³-hybridized carbons (Fsp3) is 0.571. The van der Waals surface area contributed by atoms with E-state index in [1.54, 1.807) is 0 Å². The van der Waals surface area contributed by atoms with Crippen LogP contribution in [0.4, 0.5) is 0 Å². The number of aliphatic hydroxyl groups is 1. The van der Waals surface area contributed by atoms with Crippen molar-refractivity contribution in [2.45, 2.75) is 49.4 Å². The van der Waals surface area contributed by atoms with Crippen LogP contribution in [0.3, 0.4) is 0 Å². The summed E-state index contributed by atoms with van der Waals surface area (Å²) in [5, 5.41) is 10.5. The number of thioether (sulfide) groups is 1. The number of rotatable bonds is 4. The lowest BCUT2D eigenvalue weighted by Gasteiger charge is -2.16. The topological polar surface area (TPSA) is 20.2 Å². The van der Waals surface area contributed by atoms with Crippen molar-refractivity contribution in [1.29, 1.82) is 0 Å². The summed E-state index contributed by atoms with van der Waals surface area (Å²) in [7, 11) is 0. The third kappa shape index (κ3) is 2.80. The van der Waals surface area contributed by atoms with Crippen LogP contribution in [0.25, 0.3) is 0 Å². The molecule has 16 heavy (non-hydrogen) atoms. The molecular formula is C14H20OS. The number of benzene rings is 1. The predicted molar refractivity (Wildman–Crippen MR) is 69.9 cm³/mol. The lowest BCUT2D eigenvalue weighted by atomic mass is 9.99. The zero-order valence-corrected chi connectivity index (χ0v) is 10.8. The lowest BCUT2D eigenvalue weighted by Crippen LogP contribution is -2.16. The van der Waals surface area contributed by atoms with Gasteiger partial charge in [-0.2, -0.15) is 0 Å². The molecule has 0 saturated heterocycles. The first-order valence-electron chi connectivity index (χ1n) is 6.09. The van der Waals surface area contributed by atoms with Crippen LogP contribution in [-0.4, -0.2) is 16.5 Å². The van der Waals surface area contributed by atoms with Crippen LogP contribution in [0, 0.1) is 5.92 Å². The number of hydrogen-bond donors (Lipinski definition) is 1. The van der Waals surface area contributed by atoms with Crippen LogP contribution in [0.2, 0.25) is 0 Å². The smallest absolute Gasteiger partial charge is 0.0563 e. The van der Waals surface area contributed by atoms with Crippen LogP contribution in [0.5, 0.6) is 0 Å². The Balaban J connectivity index is 1.83. The van der Waals surface area contributed by atoms with Crippen molar-refractivity contribution >= 4 is 11.8 Å². The molecule has 1 aromatic carbocycles. The van der Waals surface area contributed by atoms with Crippen molar-refractivity contribution in [2.75, 3.05) is 0 Å². The maximum Gasteiger partial charge on any atom is 0.0563 e. The number of hydrogen-bond acceptors (Lipinski definition) is 2. The summed E-state index contributed by atoms with van der Waals surface area (Å²) in [6.45, 7) is 4.17. The third-order valence-electron chi connectivity index (χ3n) is 3.27. The van der Waals surface area contributed by atoms with Gasteiger partial charge in [-0.25, -0.2) is 0 Å². The van der Waals surface area contributed by atoms with Gasteiger partial charge < -0.3 is 5.11 Å². The highest BCUT2D eigenvalue weighted by Crippen LogP contribution is 2.39. The molecule has 0 radical (unpaired) electrons. The van der Waals surface area contributed by atoms with E-state index in [2.05, 4.69) is 38.1 Å². The maximum absolute atomic E-state index is 9.79. The third-order valence-corrected chi connectivity index (χ3v) is 4.66. The molecule has 0 fully saturated rings. The summed E-state index contributed by atoms with van der Waals surface area (Å²) < 4.78 is 0. The van der Waals surface area contributed by atoms with Gasteiger partial charge in [0.05, 0.1) is 6.10 Å². The van der Waals surface area contributed by atoms with E-state index in [1.807, 2.05) is 11.8 Å². The molecule has 0 spiro atoms. The summed E-state index contributed by atoms with van der Waals surface area (Å²) in [4.78, 5) is 1.44. The maximum atomic E-state index is 9.79. The highest BCUT2D eigenvalue weighted by Gasteiger charge is 2.22. The Hall–Kier alpha value is -0.470. The minimum atomic E-state index is -0.135. The minimum absolute atomic E-state index is 0.135. The highest BCUT2D eigenvalue weighted by molar-refractivity contribution is 8.00. The quantitative estimate of drug-likeness (QED) is 0.863. The van der Waals surface area contributed by atoms with E-state index in [4.69, 9.17) is 0 Å². The average Bonchev–Trinajstić information content (AvgIpc) is 2.68. The van der Waals surface area contributed by atoms with Crippen molar-refractivity contribution < 1.29 is 5.11 Å². The van der Waals surface area contributed by atoms with Crippen LogP contribution in [0.15, 0.2) is 29.2 Å². The molecule has 2 heteroatoms. The molecule has 1 heterocycles. The van der Waals surface area contributed by atoms with E-state index >= 15 is 0 Å². The standard InChI is InChI=1S/C14H20OS/c1-10(2)13(15)8-7-12-9-11-5-3-4-6-14(11)16-12/h3-6,10,12-13,15H,7-9H2,1-2H3. The molecule has 0 amide bonds. The van der Waals surface area contributed by atoms with E-state index in [0.717, 1.165) is 12.8 Å². The Morgan fingerprint density at radius 3 is 2.81 bits per heavy atom. The van der Waals surface area contributed by atoms with Gasteiger partial charge in [-0.3, -0.25) is 0 Å². The molecule has 88 valence electrons. The molecule has 1 aliphatic rings. The fourth-order valence-electron chi connectivity index (χ4n) is 2.10. The molecule has 0 bridgehead atoms. The molecule has 1 nitrogen and oxygen atoms in total. The van der Waals surface area contributed by atoms with Crippen molar-refractivity contribution in [2.24, 2.45) is 5.92 Å². The summed E-state index contributed by atoms with van der Waals surface area (Å²) >= 11 is 1.98. The summed E-state index contributed by atoms with van der Waals surface area (Å²) in [6, 6.07) is 8.65. The first-order chi connectivity index (χ1) is 7.66. The molecular weight excluding hydrogens is 216 g/mol. The Bertz CT molecular complexity index is 323. The molecule has 1 aromatic rings. The molecule has 2 atom stereocenters. The largest absolute Gasteiger partial charge is 0.393 e. The van der Waals surface area contributed by atoms with Crippen LogP contribution in [-0.2, 0) is 6.42 Å². The SMILES string of the molecule is CC(C)C(O)CCC1Cc2ccccc2S1. The van der Waals surface area contributed by atoms with E-state index in [1.165, 1.54) is 16.9 Å². The summed E-state index contributed by atoms with van der Waals surface area (Å²) in [6.07, 6.45) is 3.09. The van der Waals surface area contributed by atoms with Gasteiger partial charge in [0.1, 0.15) is 0 Å². The van der Waals surface area contributed by atoms with Crippen LogP contribution < -0.4 is 0 Å². The molecule has 1 N–H and O–H groups in total. The highest BCUT2D eigenvalue weighted by atomic mass is 32.2. The Morgan fingerprint density at radius 2 is 2.12 bits per heavy atom. The Labute approximate surface area is 102 Å². The summed E-state index contributed by atoms with van der Waals surface area (Å²) in [5.41, 5.74) is 1.48. The van der Waals surface area contributed by atoms with Crippen molar-refractivity contribution in [1.82, 2.24) is 0 Å². The second kappa shape index (κ2) is 5.24. The molecule has 1 aliphatic heterocycles. The van der Waals surface area contributed by atoms with Gasteiger partial charge in [0.25, 0.3) is 0 Å². The van der Waals surface area contributed by atoms with Gasteiger partial charge in [0.2, 0.25) is 0 Å². The summed E-state index contributed by atoms with van der Waals surface area (Å²) in [5.74, 6) is 0.383. The molecule has 2 unspecified atom stereocenters.